The second kappa shape index (κ2) is 4.30. The summed E-state index contributed by atoms with van der Waals surface area (Å²) in [6, 6.07) is 4.76. The molecule has 1 saturated carbocycles. The highest BCUT2D eigenvalue weighted by atomic mass is 79.9. The molecule has 1 aromatic heterocycles. The van der Waals surface area contributed by atoms with Gasteiger partial charge in [-0.15, -0.1) is 0 Å². The van der Waals surface area contributed by atoms with E-state index in [0.717, 1.165) is 22.9 Å². The maximum atomic E-state index is 4.44. The number of aromatic nitrogens is 1. The van der Waals surface area contributed by atoms with E-state index in [2.05, 4.69) is 38.8 Å². The first kappa shape index (κ1) is 9.97. The van der Waals surface area contributed by atoms with Gasteiger partial charge in [-0.1, -0.05) is 6.92 Å². The highest BCUT2D eigenvalue weighted by Crippen LogP contribution is 2.34. The fraction of sp³-hybridized carbons (Fsp3) is 0.545. The summed E-state index contributed by atoms with van der Waals surface area (Å²) in [5.74, 6) is 1.11. The molecular weight excluding hydrogens is 240 g/mol. The lowest BCUT2D eigenvalue weighted by molar-refractivity contribution is 0.748. The van der Waals surface area contributed by atoms with Gasteiger partial charge in [0.2, 0.25) is 0 Å². The van der Waals surface area contributed by atoms with Gasteiger partial charge in [-0.2, -0.15) is 0 Å². The smallest absolute Gasteiger partial charge is 0.143 e. The van der Waals surface area contributed by atoms with Gasteiger partial charge < -0.3 is 4.90 Å². The zero-order valence-electron chi connectivity index (χ0n) is 8.41. The van der Waals surface area contributed by atoms with Crippen LogP contribution in [-0.4, -0.2) is 17.6 Å². The van der Waals surface area contributed by atoms with Crippen LogP contribution in [0.25, 0.3) is 0 Å². The Morgan fingerprint density at radius 2 is 2.36 bits per heavy atom. The third-order valence-electron chi connectivity index (χ3n) is 2.46. The number of pyridine rings is 1. The molecular formula is C11H15BrN2. The molecule has 0 aliphatic heterocycles. The zero-order chi connectivity index (χ0) is 9.97. The molecule has 1 aromatic rings. The van der Waals surface area contributed by atoms with E-state index in [0.29, 0.717) is 0 Å². The van der Waals surface area contributed by atoms with Crippen molar-refractivity contribution in [2.45, 2.75) is 32.2 Å². The maximum absolute atomic E-state index is 4.44. The van der Waals surface area contributed by atoms with E-state index in [1.165, 1.54) is 19.3 Å². The summed E-state index contributed by atoms with van der Waals surface area (Å²) < 4.78 is 1.11. The van der Waals surface area contributed by atoms with E-state index in [4.69, 9.17) is 0 Å². The molecule has 0 amide bonds. The first-order chi connectivity index (χ1) is 6.83. The van der Waals surface area contributed by atoms with Gasteiger partial charge in [-0.05, 0) is 47.3 Å². The molecule has 14 heavy (non-hydrogen) atoms. The number of hydrogen-bond acceptors (Lipinski definition) is 2. The third kappa shape index (κ3) is 2.08. The van der Waals surface area contributed by atoms with Crippen molar-refractivity contribution in [2.75, 3.05) is 11.4 Å². The Morgan fingerprint density at radius 1 is 1.57 bits per heavy atom. The molecule has 0 radical (unpaired) electrons. The average molecular weight is 255 g/mol. The van der Waals surface area contributed by atoms with E-state index in [1.807, 2.05) is 12.3 Å². The van der Waals surface area contributed by atoms with Crippen LogP contribution in [0.1, 0.15) is 26.2 Å². The molecule has 2 rings (SSSR count). The largest absolute Gasteiger partial charge is 0.353 e. The molecule has 0 bridgehead atoms. The Kier molecular flexibility index (Phi) is 3.06. The number of halogens is 1. The standard InChI is InChI=1S/C11H15BrN2/c1-2-8-14(9-5-6-9)11-10(12)4-3-7-13-11/h3-4,7,9H,2,5-6,8H2,1H3. The van der Waals surface area contributed by atoms with Gasteiger partial charge in [0.1, 0.15) is 5.82 Å². The van der Waals surface area contributed by atoms with Crippen LogP contribution >= 0.6 is 15.9 Å². The average Bonchev–Trinajstić information content (AvgIpc) is 2.99. The second-order valence-corrected chi connectivity index (χ2v) is 4.59. The fourth-order valence-electron chi connectivity index (χ4n) is 1.68. The van der Waals surface area contributed by atoms with Crippen LogP contribution in [0.4, 0.5) is 5.82 Å². The molecule has 0 atom stereocenters. The van der Waals surface area contributed by atoms with E-state index in [-0.39, 0.29) is 0 Å². The maximum Gasteiger partial charge on any atom is 0.143 e. The number of hydrogen-bond donors (Lipinski definition) is 0. The first-order valence-corrected chi connectivity index (χ1v) is 5.99. The molecule has 1 aliphatic rings. The van der Waals surface area contributed by atoms with Crippen LogP contribution < -0.4 is 4.90 Å². The van der Waals surface area contributed by atoms with Crippen molar-refractivity contribution >= 4 is 21.7 Å². The van der Waals surface area contributed by atoms with Crippen molar-refractivity contribution in [3.8, 4) is 0 Å². The number of nitrogens with zero attached hydrogens (tertiary/aromatic N) is 2. The second-order valence-electron chi connectivity index (χ2n) is 3.73. The van der Waals surface area contributed by atoms with Gasteiger partial charge >= 0.3 is 0 Å². The monoisotopic (exact) mass is 254 g/mol. The lowest BCUT2D eigenvalue weighted by Crippen LogP contribution is -2.27. The molecule has 0 spiro atoms. The summed E-state index contributed by atoms with van der Waals surface area (Å²) in [7, 11) is 0. The van der Waals surface area contributed by atoms with Gasteiger partial charge in [0.05, 0.1) is 4.47 Å². The van der Waals surface area contributed by atoms with E-state index in [1.54, 1.807) is 0 Å². The lowest BCUT2D eigenvalue weighted by atomic mass is 10.3. The van der Waals surface area contributed by atoms with E-state index < -0.39 is 0 Å². The van der Waals surface area contributed by atoms with Crippen LogP contribution in [-0.2, 0) is 0 Å². The predicted molar refractivity (Wildman–Crippen MR) is 62.6 cm³/mol. The molecule has 0 unspecified atom stereocenters. The Hall–Kier alpha value is -0.570. The van der Waals surface area contributed by atoms with Crippen molar-refractivity contribution in [3.63, 3.8) is 0 Å². The van der Waals surface area contributed by atoms with Gasteiger partial charge in [0.25, 0.3) is 0 Å². The van der Waals surface area contributed by atoms with Crippen molar-refractivity contribution in [2.24, 2.45) is 0 Å². The predicted octanol–water partition coefficient (Wildman–Crippen LogP) is 3.22. The molecule has 76 valence electrons. The van der Waals surface area contributed by atoms with Crippen LogP contribution in [0.15, 0.2) is 22.8 Å². The summed E-state index contributed by atoms with van der Waals surface area (Å²) in [5, 5.41) is 0. The van der Waals surface area contributed by atoms with Crippen molar-refractivity contribution in [3.05, 3.63) is 22.8 Å². The Morgan fingerprint density at radius 3 is 2.93 bits per heavy atom. The van der Waals surface area contributed by atoms with Crippen LogP contribution in [0, 0.1) is 0 Å². The molecule has 0 aromatic carbocycles. The molecule has 1 heterocycles. The molecule has 2 nitrogen and oxygen atoms in total. The Bertz CT molecular complexity index is 310. The fourth-order valence-corrected chi connectivity index (χ4v) is 2.16. The minimum absolute atomic E-state index is 0.737. The normalized spacial score (nSPS) is 15.6. The van der Waals surface area contributed by atoms with Gasteiger partial charge in [-0.3, -0.25) is 0 Å². The molecule has 1 fully saturated rings. The van der Waals surface area contributed by atoms with Gasteiger partial charge in [-0.25, -0.2) is 4.98 Å². The zero-order valence-corrected chi connectivity index (χ0v) is 10.00. The summed E-state index contributed by atoms with van der Waals surface area (Å²) >= 11 is 3.56. The topological polar surface area (TPSA) is 16.1 Å². The van der Waals surface area contributed by atoms with Crippen LogP contribution in [0.5, 0.6) is 0 Å². The van der Waals surface area contributed by atoms with E-state index in [9.17, 15) is 0 Å². The highest BCUT2D eigenvalue weighted by molar-refractivity contribution is 9.10. The third-order valence-corrected chi connectivity index (χ3v) is 3.08. The van der Waals surface area contributed by atoms with Crippen molar-refractivity contribution in [1.29, 1.82) is 0 Å². The summed E-state index contributed by atoms with van der Waals surface area (Å²) in [6.07, 6.45) is 5.69. The first-order valence-electron chi connectivity index (χ1n) is 5.20. The van der Waals surface area contributed by atoms with Crippen molar-refractivity contribution < 1.29 is 0 Å². The quantitative estimate of drug-likeness (QED) is 0.821. The Balaban J connectivity index is 2.21. The van der Waals surface area contributed by atoms with Gasteiger partial charge in [0.15, 0.2) is 0 Å². The van der Waals surface area contributed by atoms with Crippen LogP contribution in [0.3, 0.4) is 0 Å². The van der Waals surface area contributed by atoms with Crippen molar-refractivity contribution in [1.82, 2.24) is 4.98 Å². The number of rotatable bonds is 4. The van der Waals surface area contributed by atoms with E-state index >= 15 is 0 Å². The van der Waals surface area contributed by atoms with Crippen LogP contribution in [0.2, 0.25) is 0 Å². The summed E-state index contributed by atoms with van der Waals surface area (Å²) in [6.45, 7) is 3.33. The summed E-state index contributed by atoms with van der Waals surface area (Å²) in [5.41, 5.74) is 0. The number of anilines is 1. The minimum Gasteiger partial charge on any atom is -0.353 e. The molecule has 0 N–H and O–H groups in total. The Labute approximate surface area is 93.5 Å². The highest BCUT2D eigenvalue weighted by Gasteiger charge is 2.30. The van der Waals surface area contributed by atoms with Gasteiger partial charge in [0, 0.05) is 18.8 Å². The SMILES string of the molecule is CCCN(c1ncccc1Br)C1CC1. The minimum atomic E-state index is 0.737. The summed E-state index contributed by atoms with van der Waals surface area (Å²) in [4.78, 5) is 6.86. The molecule has 3 heteroatoms. The molecule has 0 saturated heterocycles. The lowest BCUT2D eigenvalue weighted by Gasteiger charge is -2.23. The molecule has 1 aliphatic carbocycles.